The van der Waals surface area contributed by atoms with Crippen molar-refractivity contribution < 1.29 is 9.47 Å². The smallest absolute Gasteiger partial charge is 0.103 e. The third-order valence-electron chi connectivity index (χ3n) is 4.88. The molecule has 0 aliphatic carbocycles. The Bertz CT molecular complexity index is 577. The lowest BCUT2D eigenvalue weighted by Gasteiger charge is -2.18. The van der Waals surface area contributed by atoms with Crippen LogP contribution in [-0.2, 0) is 22.6 Å². The van der Waals surface area contributed by atoms with E-state index < -0.39 is 0 Å². The molecular formula is C20H24N2O2. The van der Waals surface area contributed by atoms with E-state index in [2.05, 4.69) is 59.2 Å². The highest BCUT2D eigenvalue weighted by Gasteiger charge is 2.47. The van der Waals surface area contributed by atoms with Crippen molar-refractivity contribution in [3.63, 3.8) is 0 Å². The average Bonchev–Trinajstić information content (AvgIpc) is 3.22. The Morgan fingerprint density at radius 1 is 0.667 bits per heavy atom. The number of fused-ring (bicyclic) bond motifs is 1. The third kappa shape index (κ3) is 3.52. The molecule has 2 aliphatic rings. The lowest BCUT2D eigenvalue weighted by atomic mass is 10.1. The first kappa shape index (κ1) is 15.8. The van der Waals surface area contributed by atoms with E-state index in [1.807, 2.05) is 12.1 Å². The molecule has 0 amide bonds. The van der Waals surface area contributed by atoms with Crippen molar-refractivity contribution in [1.29, 1.82) is 0 Å². The summed E-state index contributed by atoms with van der Waals surface area (Å²) in [5, 5.41) is 7.17. The van der Waals surface area contributed by atoms with Crippen molar-refractivity contribution in [3.8, 4) is 0 Å². The molecule has 2 saturated heterocycles. The van der Waals surface area contributed by atoms with Crippen LogP contribution < -0.4 is 10.6 Å². The molecule has 0 aromatic heterocycles. The van der Waals surface area contributed by atoms with Crippen LogP contribution in [0.2, 0.25) is 0 Å². The van der Waals surface area contributed by atoms with Crippen molar-refractivity contribution in [1.82, 2.24) is 10.6 Å². The summed E-state index contributed by atoms with van der Waals surface area (Å²) in [4.78, 5) is 0. The van der Waals surface area contributed by atoms with Crippen LogP contribution in [0.4, 0.5) is 0 Å². The van der Waals surface area contributed by atoms with Crippen LogP contribution >= 0.6 is 0 Å². The Morgan fingerprint density at radius 3 is 1.50 bits per heavy atom. The first-order valence-corrected chi connectivity index (χ1v) is 8.68. The highest BCUT2D eigenvalue weighted by molar-refractivity contribution is 5.16. The average molecular weight is 324 g/mol. The van der Waals surface area contributed by atoms with Crippen molar-refractivity contribution in [2.75, 3.05) is 13.2 Å². The second kappa shape index (κ2) is 7.45. The van der Waals surface area contributed by atoms with Gasteiger partial charge in [0.1, 0.15) is 12.2 Å². The Labute approximate surface area is 143 Å². The Balaban J connectivity index is 1.29. The van der Waals surface area contributed by atoms with Crippen LogP contribution in [0.1, 0.15) is 11.1 Å². The SMILES string of the molecule is c1ccc(CN[C@H]2CO[C@H]3[C@@H]2OC[C@@H]3NCc2ccccc2)cc1. The van der Waals surface area contributed by atoms with Gasteiger partial charge in [-0.25, -0.2) is 0 Å². The summed E-state index contributed by atoms with van der Waals surface area (Å²) in [6.45, 7) is 3.13. The second-order valence-corrected chi connectivity index (χ2v) is 6.54. The van der Waals surface area contributed by atoms with Gasteiger partial charge in [0.25, 0.3) is 0 Å². The van der Waals surface area contributed by atoms with Gasteiger partial charge in [0.2, 0.25) is 0 Å². The zero-order valence-corrected chi connectivity index (χ0v) is 13.7. The van der Waals surface area contributed by atoms with Gasteiger partial charge in [0.15, 0.2) is 0 Å². The standard InChI is InChI=1S/C20H24N2O2/c1-3-7-15(8-4-1)11-21-17-13-23-20-18(14-24-19(17)20)22-12-16-9-5-2-6-10-16/h1-10,17-22H,11-14H2/t17-,18-,19+,20+/m0/s1. The van der Waals surface area contributed by atoms with E-state index >= 15 is 0 Å². The molecule has 2 aliphatic heterocycles. The fraction of sp³-hybridized carbons (Fsp3) is 0.400. The van der Waals surface area contributed by atoms with E-state index in [0.717, 1.165) is 13.1 Å². The van der Waals surface area contributed by atoms with Crippen molar-refractivity contribution in [2.24, 2.45) is 0 Å². The van der Waals surface area contributed by atoms with E-state index in [0.29, 0.717) is 13.2 Å². The van der Waals surface area contributed by atoms with E-state index in [9.17, 15) is 0 Å². The molecule has 4 rings (SSSR count). The molecule has 2 aromatic carbocycles. The molecule has 2 fully saturated rings. The monoisotopic (exact) mass is 324 g/mol. The highest BCUT2D eigenvalue weighted by Crippen LogP contribution is 2.27. The highest BCUT2D eigenvalue weighted by atomic mass is 16.6. The van der Waals surface area contributed by atoms with Gasteiger partial charge in [-0.2, -0.15) is 0 Å². The van der Waals surface area contributed by atoms with Crippen molar-refractivity contribution >= 4 is 0 Å². The summed E-state index contributed by atoms with van der Waals surface area (Å²) >= 11 is 0. The Kier molecular flexibility index (Phi) is 4.90. The van der Waals surface area contributed by atoms with E-state index in [-0.39, 0.29) is 24.3 Å². The first-order valence-electron chi connectivity index (χ1n) is 8.68. The molecule has 0 radical (unpaired) electrons. The number of ether oxygens (including phenoxy) is 2. The molecule has 0 unspecified atom stereocenters. The normalized spacial score (nSPS) is 28.8. The minimum absolute atomic E-state index is 0.141. The molecule has 4 heteroatoms. The van der Waals surface area contributed by atoms with E-state index in [4.69, 9.17) is 9.47 Å². The second-order valence-electron chi connectivity index (χ2n) is 6.54. The number of rotatable bonds is 6. The topological polar surface area (TPSA) is 42.5 Å². The first-order chi connectivity index (χ1) is 11.9. The molecule has 0 bridgehead atoms. The molecule has 126 valence electrons. The predicted octanol–water partition coefficient (Wildman–Crippen LogP) is 2.10. The van der Waals surface area contributed by atoms with Gasteiger partial charge in [0.05, 0.1) is 25.3 Å². The van der Waals surface area contributed by atoms with Crippen LogP contribution in [0.15, 0.2) is 60.7 Å². The molecule has 2 N–H and O–H groups in total. The molecule has 0 spiro atoms. The van der Waals surface area contributed by atoms with Crippen molar-refractivity contribution in [3.05, 3.63) is 71.8 Å². The summed E-state index contributed by atoms with van der Waals surface area (Å²) in [6, 6.07) is 21.4. The maximum Gasteiger partial charge on any atom is 0.103 e. The maximum atomic E-state index is 6.03. The van der Waals surface area contributed by atoms with Crippen LogP contribution in [0.5, 0.6) is 0 Å². The van der Waals surface area contributed by atoms with Gasteiger partial charge >= 0.3 is 0 Å². The fourth-order valence-electron chi connectivity index (χ4n) is 3.54. The summed E-state index contributed by atoms with van der Waals surface area (Å²) in [5.74, 6) is 0. The third-order valence-corrected chi connectivity index (χ3v) is 4.88. The van der Waals surface area contributed by atoms with E-state index in [1.165, 1.54) is 11.1 Å². The zero-order chi connectivity index (χ0) is 16.2. The Hall–Kier alpha value is -1.72. The van der Waals surface area contributed by atoms with Gasteiger partial charge in [-0.15, -0.1) is 0 Å². The summed E-state index contributed by atoms with van der Waals surface area (Å²) in [5.41, 5.74) is 2.58. The lowest BCUT2D eigenvalue weighted by Crippen LogP contribution is -2.43. The molecule has 2 heterocycles. The Morgan fingerprint density at radius 2 is 1.08 bits per heavy atom. The molecule has 4 nitrogen and oxygen atoms in total. The van der Waals surface area contributed by atoms with Crippen LogP contribution in [0.3, 0.4) is 0 Å². The largest absolute Gasteiger partial charge is 0.372 e. The minimum Gasteiger partial charge on any atom is -0.372 e. The molecular weight excluding hydrogens is 300 g/mol. The molecule has 0 saturated carbocycles. The number of hydrogen-bond acceptors (Lipinski definition) is 4. The van der Waals surface area contributed by atoms with Gasteiger partial charge in [-0.1, -0.05) is 60.7 Å². The van der Waals surface area contributed by atoms with Gasteiger partial charge < -0.3 is 20.1 Å². The van der Waals surface area contributed by atoms with Crippen LogP contribution in [-0.4, -0.2) is 37.5 Å². The number of nitrogens with one attached hydrogen (secondary N) is 2. The summed E-state index contributed by atoms with van der Waals surface area (Å²) in [6.07, 6.45) is 0.281. The number of benzene rings is 2. The summed E-state index contributed by atoms with van der Waals surface area (Å²) in [7, 11) is 0. The predicted molar refractivity (Wildman–Crippen MR) is 93.6 cm³/mol. The van der Waals surface area contributed by atoms with E-state index in [1.54, 1.807) is 0 Å². The van der Waals surface area contributed by atoms with Gasteiger partial charge in [-0.3, -0.25) is 0 Å². The van der Waals surface area contributed by atoms with Crippen molar-refractivity contribution in [2.45, 2.75) is 37.4 Å². The van der Waals surface area contributed by atoms with Crippen LogP contribution in [0, 0.1) is 0 Å². The lowest BCUT2D eigenvalue weighted by molar-refractivity contribution is 0.0654. The van der Waals surface area contributed by atoms with Gasteiger partial charge in [-0.05, 0) is 11.1 Å². The van der Waals surface area contributed by atoms with Gasteiger partial charge in [0, 0.05) is 13.1 Å². The molecule has 2 aromatic rings. The molecule has 24 heavy (non-hydrogen) atoms. The minimum atomic E-state index is 0.141. The number of hydrogen-bond donors (Lipinski definition) is 2. The molecule has 4 atom stereocenters. The quantitative estimate of drug-likeness (QED) is 0.854. The maximum absolute atomic E-state index is 6.03. The van der Waals surface area contributed by atoms with Crippen LogP contribution in [0.25, 0.3) is 0 Å². The fourth-order valence-corrected chi connectivity index (χ4v) is 3.54. The summed E-state index contributed by atoms with van der Waals surface area (Å²) < 4.78 is 12.1. The zero-order valence-electron chi connectivity index (χ0n) is 13.7.